The molecule has 2 amide bonds. The molecule has 3 rings (SSSR count). The number of amides is 2. The third kappa shape index (κ3) is 3.52. The van der Waals surface area contributed by atoms with E-state index in [9.17, 15) is 9.59 Å². The van der Waals surface area contributed by atoms with Gasteiger partial charge in [-0.2, -0.15) is 0 Å². The highest BCUT2D eigenvalue weighted by molar-refractivity contribution is 5.96. The van der Waals surface area contributed by atoms with E-state index in [0.717, 1.165) is 16.9 Å². The maximum Gasteiger partial charge on any atom is 0.321 e. The molecule has 128 valence electrons. The molecule has 0 unspecified atom stereocenters. The number of aryl methyl sites for hydroxylation is 1. The van der Waals surface area contributed by atoms with Gasteiger partial charge in [0.25, 0.3) is 0 Å². The zero-order valence-electron chi connectivity index (χ0n) is 14.5. The van der Waals surface area contributed by atoms with Gasteiger partial charge in [0, 0.05) is 25.3 Å². The van der Waals surface area contributed by atoms with Crippen molar-refractivity contribution in [2.45, 2.75) is 13.5 Å². The molecular formula is C19H20N4O2. The number of carbonyl (C=O) groups excluding carboxylic acids is 2. The Morgan fingerprint density at radius 1 is 1.16 bits per heavy atom. The monoisotopic (exact) mass is 336 g/mol. The van der Waals surface area contributed by atoms with Crippen LogP contribution in [0.15, 0.2) is 48.5 Å². The minimum atomic E-state index is -0.257. The minimum absolute atomic E-state index is 0.0378. The van der Waals surface area contributed by atoms with Gasteiger partial charge < -0.3 is 14.8 Å². The third-order valence-electron chi connectivity index (χ3n) is 4.13. The van der Waals surface area contributed by atoms with Gasteiger partial charge in [-0.25, -0.2) is 9.78 Å². The molecule has 6 heteroatoms. The number of carbonyl (C=O) groups is 2. The van der Waals surface area contributed by atoms with Gasteiger partial charge in [-0.1, -0.05) is 24.3 Å². The molecule has 25 heavy (non-hydrogen) atoms. The fourth-order valence-electron chi connectivity index (χ4n) is 2.66. The summed E-state index contributed by atoms with van der Waals surface area (Å²) in [6.07, 6.45) is 0. The second-order valence-electron chi connectivity index (χ2n) is 6.00. The van der Waals surface area contributed by atoms with E-state index in [1.165, 1.54) is 6.92 Å². The van der Waals surface area contributed by atoms with Crippen LogP contribution < -0.4 is 5.32 Å². The normalized spacial score (nSPS) is 10.7. The second-order valence-corrected chi connectivity index (χ2v) is 6.00. The van der Waals surface area contributed by atoms with Crippen LogP contribution in [0.1, 0.15) is 23.1 Å². The van der Waals surface area contributed by atoms with Crippen LogP contribution in [0.2, 0.25) is 0 Å². The van der Waals surface area contributed by atoms with E-state index in [0.29, 0.717) is 17.8 Å². The van der Waals surface area contributed by atoms with Gasteiger partial charge >= 0.3 is 6.03 Å². The number of benzene rings is 2. The van der Waals surface area contributed by atoms with Crippen molar-refractivity contribution in [3.8, 4) is 0 Å². The molecule has 1 aromatic heterocycles. The summed E-state index contributed by atoms with van der Waals surface area (Å²) < 4.78 is 1.98. The highest BCUT2D eigenvalue weighted by Crippen LogP contribution is 2.16. The highest BCUT2D eigenvalue weighted by Gasteiger charge is 2.14. The first-order valence-electron chi connectivity index (χ1n) is 7.99. The maximum absolute atomic E-state index is 12.4. The average molecular weight is 336 g/mol. The molecule has 1 heterocycles. The Hall–Kier alpha value is -3.15. The number of anilines is 1. The number of imidazole rings is 1. The molecule has 0 saturated carbocycles. The van der Waals surface area contributed by atoms with Gasteiger partial charge in [0.2, 0.25) is 0 Å². The van der Waals surface area contributed by atoms with E-state index in [-0.39, 0.29) is 11.8 Å². The van der Waals surface area contributed by atoms with Crippen molar-refractivity contribution in [1.29, 1.82) is 0 Å². The number of hydrogen-bond acceptors (Lipinski definition) is 3. The van der Waals surface area contributed by atoms with E-state index in [2.05, 4.69) is 10.3 Å². The van der Waals surface area contributed by atoms with Crippen LogP contribution in [0.4, 0.5) is 10.5 Å². The van der Waals surface area contributed by atoms with Crippen molar-refractivity contribution >= 4 is 28.5 Å². The first-order valence-corrected chi connectivity index (χ1v) is 7.99. The topological polar surface area (TPSA) is 67.2 Å². The van der Waals surface area contributed by atoms with Crippen LogP contribution in [-0.4, -0.2) is 33.3 Å². The number of urea groups is 1. The predicted octanol–water partition coefficient (Wildman–Crippen LogP) is 3.44. The van der Waals surface area contributed by atoms with E-state index >= 15 is 0 Å². The summed E-state index contributed by atoms with van der Waals surface area (Å²) in [5, 5.41) is 2.81. The Balaban J connectivity index is 1.73. The van der Waals surface area contributed by atoms with Gasteiger partial charge in [-0.15, -0.1) is 0 Å². The molecule has 6 nitrogen and oxygen atoms in total. The number of para-hydroxylation sites is 2. The zero-order valence-corrected chi connectivity index (χ0v) is 14.5. The van der Waals surface area contributed by atoms with Crippen LogP contribution in [-0.2, 0) is 13.6 Å². The summed E-state index contributed by atoms with van der Waals surface area (Å²) >= 11 is 0. The molecule has 0 saturated heterocycles. The molecule has 0 fully saturated rings. The molecule has 0 aliphatic rings. The van der Waals surface area contributed by atoms with E-state index in [1.807, 2.05) is 35.9 Å². The lowest BCUT2D eigenvalue weighted by molar-refractivity contribution is 0.101. The maximum atomic E-state index is 12.4. The van der Waals surface area contributed by atoms with E-state index < -0.39 is 0 Å². The highest BCUT2D eigenvalue weighted by atomic mass is 16.2. The SMILES string of the molecule is CC(=O)c1cccc(NC(=O)N(C)Cc2nc3ccccc3n2C)c1. The standard InChI is InChI=1S/C19H20N4O2/c1-13(24)14-7-6-8-15(11-14)20-19(25)22(2)12-18-21-16-9-4-5-10-17(16)23(18)3/h4-11H,12H2,1-3H3,(H,20,25). The summed E-state index contributed by atoms with van der Waals surface area (Å²) in [4.78, 5) is 30.0. The minimum Gasteiger partial charge on any atom is -0.330 e. The smallest absolute Gasteiger partial charge is 0.321 e. The van der Waals surface area contributed by atoms with Crippen LogP contribution in [0.25, 0.3) is 11.0 Å². The first-order chi connectivity index (χ1) is 12.0. The summed E-state index contributed by atoms with van der Waals surface area (Å²) in [7, 11) is 3.65. The fourth-order valence-corrected chi connectivity index (χ4v) is 2.66. The van der Waals surface area contributed by atoms with Crippen molar-refractivity contribution in [1.82, 2.24) is 14.5 Å². The molecular weight excluding hydrogens is 316 g/mol. The number of nitrogens with zero attached hydrogens (tertiary/aromatic N) is 3. The molecule has 1 N–H and O–H groups in total. The van der Waals surface area contributed by atoms with Crippen molar-refractivity contribution in [3.05, 3.63) is 59.9 Å². The summed E-state index contributed by atoms with van der Waals surface area (Å²) in [5.74, 6) is 0.764. The lowest BCUT2D eigenvalue weighted by Crippen LogP contribution is -2.31. The molecule has 0 aliphatic heterocycles. The second kappa shape index (κ2) is 6.76. The molecule has 0 atom stereocenters. The van der Waals surface area contributed by atoms with Gasteiger partial charge in [0.1, 0.15) is 5.82 Å². The van der Waals surface area contributed by atoms with Crippen molar-refractivity contribution in [3.63, 3.8) is 0 Å². The Morgan fingerprint density at radius 3 is 2.64 bits per heavy atom. The van der Waals surface area contributed by atoms with Gasteiger partial charge in [0.05, 0.1) is 17.6 Å². The number of rotatable bonds is 4. The van der Waals surface area contributed by atoms with Crippen molar-refractivity contribution in [2.24, 2.45) is 7.05 Å². The van der Waals surface area contributed by atoms with E-state index in [4.69, 9.17) is 0 Å². The van der Waals surface area contributed by atoms with E-state index in [1.54, 1.807) is 36.2 Å². The number of Topliss-reactive ketones (excluding diaryl/α,β-unsaturated/α-hetero) is 1. The first kappa shape index (κ1) is 16.7. The summed E-state index contributed by atoms with van der Waals surface area (Å²) in [6.45, 7) is 1.88. The molecule has 2 aromatic carbocycles. The third-order valence-corrected chi connectivity index (χ3v) is 4.13. The van der Waals surface area contributed by atoms with Gasteiger partial charge in [0.15, 0.2) is 5.78 Å². The molecule has 0 spiro atoms. The number of aromatic nitrogens is 2. The number of nitrogens with one attached hydrogen (secondary N) is 1. The van der Waals surface area contributed by atoms with Gasteiger partial charge in [-0.3, -0.25) is 4.79 Å². The molecule has 0 radical (unpaired) electrons. The molecule has 0 aliphatic carbocycles. The number of ketones is 1. The van der Waals surface area contributed by atoms with Crippen LogP contribution in [0.3, 0.4) is 0 Å². The predicted molar refractivity (Wildman–Crippen MR) is 97.6 cm³/mol. The fraction of sp³-hybridized carbons (Fsp3) is 0.211. The average Bonchev–Trinajstić information content (AvgIpc) is 2.91. The largest absolute Gasteiger partial charge is 0.330 e. The number of fused-ring (bicyclic) bond motifs is 1. The Morgan fingerprint density at radius 2 is 1.92 bits per heavy atom. The summed E-state index contributed by atoms with van der Waals surface area (Å²) in [6, 6.07) is 14.5. The molecule has 0 bridgehead atoms. The summed E-state index contributed by atoms with van der Waals surface area (Å²) in [5.41, 5.74) is 3.09. The van der Waals surface area contributed by atoms with Crippen LogP contribution in [0.5, 0.6) is 0 Å². The Kier molecular flexibility index (Phi) is 4.52. The lowest BCUT2D eigenvalue weighted by Gasteiger charge is -2.18. The quantitative estimate of drug-likeness (QED) is 0.742. The van der Waals surface area contributed by atoms with Gasteiger partial charge in [-0.05, 0) is 31.2 Å². The zero-order chi connectivity index (χ0) is 18.0. The Labute approximate surface area is 146 Å². The van der Waals surface area contributed by atoms with Crippen LogP contribution in [0, 0.1) is 0 Å². The van der Waals surface area contributed by atoms with Crippen LogP contribution >= 0.6 is 0 Å². The number of hydrogen-bond donors (Lipinski definition) is 1. The molecule has 3 aromatic rings. The van der Waals surface area contributed by atoms with Crippen molar-refractivity contribution < 1.29 is 9.59 Å². The van der Waals surface area contributed by atoms with Crippen molar-refractivity contribution in [2.75, 3.05) is 12.4 Å². The Bertz CT molecular complexity index is 946. The lowest BCUT2D eigenvalue weighted by atomic mass is 10.1.